The Bertz CT molecular complexity index is 703. The van der Waals surface area contributed by atoms with Crippen molar-refractivity contribution in [1.82, 2.24) is 4.57 Å². The number of pyridine rings is 1. The van der Waals surface area contributed by atoms with Gasteiger partial charge in [-0.3, -0.25) is 4.79 Å². The van der Waals surface area contributed by atoms with Crippen molar-refractivity contribution in [3.63, 3.8) is 0 Å². The zero-order valence-corrected chi connectivity index (χ0v) is 12.8. The van der Waals surface area contributed by atoms with Crippen molar-refractivity contribution >= 4 is 34.2 Å². The van der Waals surface area contributed by atoms with Crippen molar-refractivity contribution in [2.24, 2.45) is 0 Å². The summed E-state index contributed by atoms with van der Waals surface area (Å²) in [6.45, 7) is -0.785. The Hall–Kier alpha value is -1.02. The van der Waals surface area contributed by atoms with Gasteiger partial charge in [0.2, 0.25) is 0 Å². The van der Waals surface area contributed by atoms with Gasteiger partial charge in [0.1, 0.15) is 5.82 Å². The van der Waals surface area contributed by atoms with Gasteiger partial charge in [0.25, 0.3) is 12.0 Å². The first-order chi connectivity index (χ1) is 9.40. The zero-order chi connectivity index (χ0) is 14.9. The molecule has 1 aromatic heterocycles. The Labute approximate surface area is 131 Å². The molecule has 0 spiro atoms. The molecule has 0 bridgehead atoms. The largest absolute Gasteiger partial charge is 0.302 e. The van der Waals surface area contributed by atoms with Crippen molar-refractivity contribution in [2.45, 2.75) is 13.0 Å². The number of hydrogen-bond acceptors (Lipinski definition) is 1. The van der Waals surface area contributed by atoms with E-state index in [1.54, 1.807) is 22.6 Å². The molecule has 0 atom stereocenters. The van der Waals surface area contributed by atoms with Gasteiger partial charge in [-0.15, -0.1) is 0 Å². The highest BCUT2D eigenvalue weighted by molar-refractivity contribution is 14.1. The summed E-state index contributed by atoms with van der Waals surface area (Å²) in [4.78, 5) is 12.0. The van der Waals surface area contributed by atoms with E-state index in [-0.39, 0.29) is 16.3 Å². The van der Waals surface area contributed by atoms with Crippen LogP contribution in [-0.2, 0) is 6.54 Å². The summed E-state index contributed by atoms with van der Waals surface area (Å²) in [6, 6.07) is 6.79. The maximum atomic E-state index is 13.9. The molecule has 0 amide bonds. The minimum Gasteiger partial charge on any atom is -0.302 e. The Morgan fingerprint density at radius 2 is 1.95 bits per heavy atom. The second-order valence-corrected chi connectivity index (χ2v) is 5.60. The van der Waals surface area contributed by atoms with Crippen LogP contribution in [-0.4, -0.2) is 11.0 Å². The Balaban J connectivity index is 2.67. The fraction of sp³-hybridized carbons (Fsp3) is 0.154. The van der Waals surface area contributed by atoms with E-state index in [0.29, 0.717) is 3.57 Å². The van der Waals surface area contributed by atoms with Gasteiger partial charge in [-0.2, -0.15) is 0 Å². The van der Waals surface area contributed by atoms with Gasteiger partial charge in [0, 0.05) is 10.6 Å². The minimum atomic E-state index is -2.71. The lowest BCUT2D eigenvalue weighted by Crippen LogP contribution is -2.26. The lowest BCUT2D eigenvalue weighted by molar-refractivity contribution is 0.125. The zero-order valence-electron chi connectivity index (χ0n) is 9.92. The van der Waals surface area contributed by atoms with Crippen molar-refractivity contribution < 1.29 is 13.2 Å². The predicted octanol–water partition coefficient (Wildman–Crippen LogP) is 4.18. The van der Waals surface area contributed by atoms with E-state index >= 15 is 0 Å². The normalized spacial score (nSPS) is 11.1. The highest BCUT2D eigenvalue weighted by atomic mass is 127. The minimum absolute atomic E-state index is 0.0588. The van der Waals surface area contributed by atoms with Crippen LogP contribution in [0, 0.1) is 9.39 Å². The van der Waals surface area contributed by atoms with Crippen LogP contribution in [0.4, 0.5) is 13.2 Å². The van der Waals surface area contributed by atoms with Crippen LogP contribution in [0.5, 0.6) is 0 Å². The van der Waals surface area contributed by atoms with Crippen LogP contribution < -0.4 is 5.56 Å². The fourth-order valence-electron chi connectivity index (χ4n) is 1.80. The monoisotopic (exact) mass is 413 g/mol. The lowest BCUT2D eigenvalue weighted by atomic mass is 10.1. The van der Waals surface area contributed by atoms with Gasteiger partial charge in [-0.05, 0) is 52.9 Å². The first-order valence-corrected chi connectivity index (χ1v) is 6.98. The maximum absolute atomic E-state index is 13.9. The first kappa shape index (κ1) is 15.4. The molecular weight excluding hydrogens is 406 g/mol. The number of benzene rings is 1. The predicted molar refractivity (Wildman–Crippen MR) is 79.8 cm³/mol. The van der Waals surface area contributed by atoms with Crippen molar-refractivity contribution in [2.75, 3.05) is 0 Å². The molecule has 1 heterocycles. The molecule has 0 aliphatic heterocycles. The third-order valence-corrected chi connectivity index (χ3v) is 3.71. The molecule has 0 fully saturated rings. The van der Waals surface area contributed by atoms with Crippen molar-refractivity contribution in [1.29, 1.82) is 0 Å². The second kappa shape index (κ2) is 6.17. The van der Waals surface area contributed by atoms with E-state index in [1.807, 2.05) is 0 Å². The molecule has 0 N–H and O–H groups in total. The SMILES string of the molecule is O=c1c(I)ccc(-c2ccc(Cl)cc2F)n1CC(F)F. The van der Waals surface area contributed by atoms with E-state index in [1.165, 1.54) is 24.3 Å². The van der Waals surface area contributed by atoms with Crippen molar-refractivity contribution in [3.05, 3.63) is 55.1 Å². The molecule has 0 aliphatic rings. The van der Waals surface area contributed by atoms with E-state index in [2.05, 4.69) is 0 Å². The number of aromatic nitrogens is 1. The summed E-state index contributed by atoms with van der Waals surface area (Å²) < 4.78 is 40.3. The van der Waals surface area contributed by atoms with Gasteiger partial charge in [0.05, 0.1) is 15.8 Å². The van der Waals surface area contributed by atoms with Gasteiger partial charge in [0.15, 0.2) is 0 Å². The van der Waals surface area contributed by atoms with Crippen LogP contribution in [0.3, 0.4) is 0 Å². The van der Waals surface area contributed by atoms with Crippen LogP contribution in [0.1, 0.15) is 0 Å². The third-order valence-electron chi connectivity index (χ3n) is 2.66. The molecule has 2 nitrogen and oxygen atoms in total. The highest BCUT2D eigenvalue weighted by Crippen LogP contribution is 2.25. The smallest absolute Gasteiger partial charge is 0.264 e. The molecule has 0 aliphatic carbocycles. The van der Waals surface area contributed by atoms with Gasteiger partial charge in [-0.1, -0.05) is 11.6 Å². The van der Waals surface area contributed by atoms with Crippen molar-refractivity contribution in [3.8, 4) is 11.3 Å². The summed E-state index contributed by atoms with van der Waals surface area (Å²) in [7, 11) is 0. The Morgan fingerprint density at radius 1 is 1.25 bits per heavy atom. The number of rotatable bonds is 3. The summed E-state index contributed by atoms with van der Waals surface area (Å²) in [6.07, 6.45) is -2.71. The van der Waals surface area contributed by atoms with Gasteiger partial charge >= 0.3 is 0 Å². The molecular formula is C13H8ClF3INO. The number of hydrogen-bond donors (Lipinski definition) is 0. The molecule has 7 heteroatoms. The molecule has 106 valence electrons. The number of nitrogens with zero attached hydrogens (tertiary/aromatic N) is 1. The van der Waals surface area contributed by atoms with Gasteiger partial charge in [-0.25, -0.2) is 13.2 Å². The van der Waals surface area contributed by atoms with Crippen LogP contribution >= 0.6 is 34.2 Å². The number of alkyl halides is 2. The Morgan fingerprint density at radius 3 is 2.55 bits per heavy atom. The highest BCUT2D eigenvalue weighted by Gasteiger charge is 2.16. The molecule has 2 rings (SSSR count). The topological polar surface area (TPSA) is 22.0 Å². The summed E-state index contributed by atoms with van der Waals surface area (Å²) >= 11 is 7.41. The number of halogens is 5. The first-order valence-electron chi connectivity index (χ1n) is 5.53. The van der Waals surface area contributed by atoms with Crippen LogP contribution in [0.15, 0.2) is 35.1 Å². The Kier molecular flexibility index (Phi) is 4.74. The van der Waals surface area contributed by atoms with Crippen LogP contribution in [0.2, 0.25) is 5.02 Å². The molecule has 0 saturated heterocycles. The second-order valence-electron chi connectivity index (χ2n) is 4.00. The maximum Gasteiger partial charge on any atom is 0.264 e. The molecule has 2 aromatic rings. The van der Waals surface area contributed by atoms with Gasteiger partial charge < -0.3 is 4.57 Å². The quantitative estimate of drug-likeness (QED) is 0.692. The lowest BCUT2D eigenvalue weighted by Gasteiger charge is -2.14. The van der Waals surface area contributed by atoms with E-state index in [4.69, 9.17) is 11.6 Å². The molecule has 0 radical (unpaired) electrons. The fourth-order valence-corrected chi connectivity index (χ4v) is 2.43. The van der Waals surface area contributed by atoms with Crippen LogP contribution in [0.25, 0.3) is 11.3 Å². The molecule has 0 saturated carbocycles. The summed E-state index contributed by atoms with van der Waals surface area (Å²) in [5.41, 5.74) is -0.411. The average Bonchev–Trinajstić information content (AvgIpc) is 2.36. The third kappa shape index (κ3) is 3.17. The van der Waals surface area contributed by atoms with E-state index in [9.17, 15) is 18.0 Å². The summed E-state index contributed by atoms with van der Waals surface area (Å²) in [5.74, 6) is -0.666. The average molecular weight is 414 g/mol. The molecule has 1 aromatic carbocycles. The van der Waals surface area contributed by atoms with E-state index in [0.717, 1.165) is 10.6 Å². The molecule has 20 heavy (non-hydrogen) atoms. The molecule has 0 unspecified atom stereocenters. The summed E-state index contributed by atoms with van der Waals surface area (Å²) in [5, 5.41) is 0.194. The van der Waals surface area contributed by atoms with E-state index < -0.39 is 24.3 Å². The standard InChI is InChI=1S/C13H8ClF3INO/c14-7-1-2-8(9(15)5-7)11-4-3-10(18)13(20)19(11)6-12(16)17/h1-5,12H,6H2.